The number of likely N-dealkylation sites (N-methyl/N-ethyl adjacent to an activating group) is 1. The number of ether oxygens (including phenoxy) is 1. The van der Waals surface area contributed by atoms with Crippen molar-refractivity contribution in [3.8, 4) is 0 Å². The van der Waals surface area contributed by atoms with E-state index in [2.05, 4.69) is 41.2 Å². The molecule has 1 aromatic carbocycles. The lowest BCUT2D eigenvalue weighted by Crippen LogP contribution is -2.55. The van der Waals surface area contributed by atoms with E-state index in [-0.39, 0.29) is 0 Å². The standard InChI is InChI=1S/C20H22N2O2/c1-11-15(9-23)13-7-19-20-14(12-5-3-4-6-17(12)21-20)8-18(22(19)2)16(13)10-24-11/h3-6,9,13,16,18-19,21H,7-8,10H2,1-2H3. The van der Waals surface area contributed by atoms with Crippen LogP contribution in [-0.4, -0.2) is 35.9 Å². The third-order valence-electron chi connectivity index (χ3n) is 6.52. The van der Waals surface area contributed by atoms with Gasteiger partial charge in [0.15, 0.2) is 0 Å². The molecule has 4 heteroatoms. The number of nitrogens with one attached hydrogen (secondary N) is 1. The predicted molar refractivity (Wildman–Crippen MR) is 92.6 cm³/mol. The second-order valence-corrected chi connectivity index (χ2v) is 7.46. The van der Waals surface area contributed by atoms with Gasteiger partial charge in [-0.3, -0.25) is 9.69 Å². The van der Waals surface area contributed by atoms with E-state index in [9.17, 15) is 4.79 Å². The van der Waals surface area contributed by atoms with Crippen molar-refractivity contribution in [2.24, 2.45) is 11.8 Å². The Kier molecular flexibility index (Phi) is 2.95. The lowest BCUT2D eigenvalue weighted by Gasteiger charge is -2.52. The first kappa shape index (κ1) is 14.3. The monoisotopic (exact) mass is 322 g/mol. The van der Waals surface area contributed by atoms with Gasteiger partial charge in [-0.1, -0.05) is 18.2 Å². The molecule has 3 aliphatic rings. The van der Waals surface area contributed by atoms with Crippen LogP contribution in [0.4, 0.5) is 0 Å². The Morgan fingerprint density at radius 2 is 2.17 bits per heavy atom. The zero-order valence-corrected chi connectivity index (χ0v) is 14.1. The summed E-state index contributed by atoms with van der Waals surface area (Å²) >= 11 is 0. The molecule has 0 aliphatic carbocycles. The predicted octanol–water partition coefficient (Wildman–Crippen LogP) is 3.20. The van der Waals surface area contributed by atoms with E-state index in [1.54, 1.807) is 0 Å². The fraction of sp³-hybridized carbons (Fsp3) is 0.450. The van der Waals surface area contributed by atoms with Crippen molar-refractivity contribution >= 4 is 17.2 Å². The molecule has 1 fully saturated rings. The van der Waals surface area contributed by atoms with Crippen LogP contribution in [0.1, 0.15) is 30.6 Å². The number of allylic oxidation sites excluding steroid dienone is 2. The number of H-pyrrole nitrogens is 1. The molecule has 0 spiro atoms. The number of benzene rings is 1. The maximum absolute atomic E-state index is 11.7. The third kappa shape index (κ3) is 1.75. The van der Waals surface area contributed by atoms with E-state index in [0.29, 0.717) is 23.9 Å². The molecule has 4 unspecified atom stereocenters. The molecule has 0 amide bonds. The molecule has 4 atom stereocenters. The van der Waals surface area contributed by atoms with Crippen LogP contribution in [0.25, 0.3) is 10.9 Å². The topological polar surface area (TPSA) is 45.3 Å². The zero-order valence-electron chi connectivity index (χ0n) is 14.1. The van der Waals surface area contributed by atoms with Crippen LogP contribution in [0.5, 0.6) is 0 Å². The van der Waals surface area contributed by atoms with Gasteiger partial charge in [0, 0.05) is 34.1 Å². The number of aldehydes is 1. The van der Waals surface area contributed by atoms with Crippen LogP contribution in [-0.2, 0) is 16.0 Å². The normalized spacial score (nSPS) is 32.2. The number of para-hydroxylation sites is 1. The van der Waals surface area contributed by atoms with E-state index >= 15 is 0 Å². The summed E-state index contributed by atoms with van der Waals surface area (Å²) in [7, 11) is 2.23. The Labute approximate surface area is 141 Å². The maximum atomic E-state index is 11.7. The van der Waals surface area contributed by atoms with Crippen LogP contribution >= 0.6 is 0 Å². The lowest BCUT2D eigenvalue weighted by atomic mass is 9.67. The van der Waals surface area contributed by atoms with Gasteiger partial charge in [-0.2, -0.15) is 0 Å². The Hall–Kier alpha value is -2.07. The van der Waals surface area contributed by atoms with Crippen molar-refractivity contribution in [1.82, 2.24) is 9.88 Å². The molecule has 0 saturated carbocycles. The minimum absolute atomic E-state index is 0.321. The van der Waals surface area contributed by atoms with Gasteiger partial charge in [0.05, 0.1) is 18.4 Å². The molecule has 2 aromatic rings. The number of aromatic amines is 1. The number of aromatic nitrogens is 1. The van der Waals surface area contributed by atoms with Crippen molar-refractivity contribution in [2.75, 3.05) is 13.7 Å². The largest absolute Gasteiger partial charge is 0.497 e. The van der Waals surface area contributed by atoms with Gasteiger partial charge in [-0.25, -0.2) is 0 Å². The summed E-state index contributed by atoms with van der Waals surface area (Å²) in [5, 5.41) is 1.35. The molecule has 1 N–H and O–H groups in total. The lowest BCUT2D eigenvalue weighted by molar-refractivity contribution is -0.107. The second-order valence-electron chi connectivity index (χ2n) is 7.46. The number of nitrogens with zero attached hydrogens (tertiary/aromatic N) is 1. The number of fused-ring (bicyclic) bond motifs is 8. The van der Waals surface area contributed by atoms with Crippen LogP contribution in [0.3, 0.4) is 0 Å². The number of rotatable bonds is 1. The van der Waals surface area contributed by atoms with Gasteiger partial charge in [-0.15, -0.1) is 0 Å². The third-order valence-corrected chi connectivity index (χ3v) is 6.52. The number of carbonyl (C=O) groups is 1. The zero-order chi connectivity index (χ0) is 16.4. The van der Waals surface area contributed by atoms with Gasteiger partial charge < -0.3 is 9.72 Å². The Bertz CT molecular complexity index is 866. The SMILES string of the molecule is CC1=C(C=O)C2CC3c4[nH]c5ccccc5c4CC(C2CO1)N3C. The van der Waals surface area contributed by atoms with Crippen LogP contribution in [0.15, 0.2) is 35.6 Å². The summed E-state index contributed by atoms with van der Waals surface area (Å²) in [5.41, 5.74) is 4.93. The molecule has 4 heterocycles. The molecule has 0 radical (unpaired) electrons. The molecule has 4 nitrogen and oxygen atoms in total. The van der Waals surface area contributed by atoms with E-state index < -0.39 is 0 Å². The highest BCUT2D eigenvalue weighted by Crippen LogP contribution is 2.50. The molecular weight excluding hydrogens is 300 g/mol. The molecule has 124 valence electrons. The number of carbonyl (C=O) groups excluding carboxylic acids is 1. The number of hydrogen-bond donors (Lipinski definition) is 1. The first-order valence-electron chi connectivity index (χ1n) is 8.79. The first-order valence-corrected chi connectivity index (χ1v) is 8.79. The van der Waals surface area contributed by atoms with Gasteiger partial charge >= 0.3 is 0 Å². The minimum Gasteiger partial charge on any atom is -0.497 e. The Balaban J connectivity index is 1.66. The van der Waals surface area contributed by atoms with Crippen LogP contribution in [0, 0.1) is 11.8 Å². The molecule has 1 aromatic heterocycles. The van der Waals surface area contributed by atoms with Gasteiger partial charge in [0.25, 0.3) is 0 Å². The Morgan fingerprint density at radius 3 is 3.00 bits per heavy atom. The van der Waals surface area contributed by atoms with Gasteiger partial charge in [0.1, 0.15) is 6.29 Å². The van der Waals surface area contributed by atoms with Crippen LogP contribution in [0.2, 0.25) is 0 Å². The number of hydrogen-bond acceptors (Lipinski definition) is 3. The second kappa shape index (κ2) is 4.96. The van der Waals surface area contributed by atoms with Crippen molar-refractivity contribution in [2.45, 2.75) is 31.8 Å². The van der Waals surface area contributed by atoms with Crippen molar-refractivity contribution < 1.29 is 9.53 Å². The van der Waals surface area contributed by atoms with E-state index in [1.165, 1.54) is 22.2 Å². The molecule has 3 aliphatic heterocycles. The van der Waals surface area contributed by atoms with E-state index in [4.69, 9.17) is 4.74 Å². The fourth-order valence-corrected chi connectivity index (χ4v) is 5.25. The van der Waals surface area contributed by atoms with Crippen molar-refractivity contribution in [3.05, 3.63) is 46.9 Å². The molecule has 2 bridgehead atoms. The maximum Gasteiger partial charge on any atom is 0.149 e. The van der Waals surface area contributed by atoms with Gasteiger partial charge in [0.2, 0.25) is 0 Å². The summed E-state index contributed by atoms with van der Waals surface area (Å²) in [6.07, 6.45) is 3.05. The molecular formula is C20H22N2O2. The van der Waals surface area contributed by atoms with E-state index in [1.807, 2.05) is 6.92 Å². The van der Waals surface area contributed by atoms with E-state index in [0.717, 1.165) is 37.1 Å². The summed E-state index contributed by atoms with van der Waals surface area (Å²) in [4.78, 5) is 17.8. The molecule has 1 saturated heterocycles. The van der Waals surface area contributed by atoms with Gasteiger partial charge in [-0.05, 0) is 44.4 Å². The molecule has 5 rings (SSSR count). The average molecular weight is 322 g/mol. The fourth-order valence-electron chi connectivity index (χ4n) is 5.25. The summed E-state index contributed by atoms with van der Waals surface area (Å²) in [6.45, 7) is 2.66. The molecule has 24 heavy (non-hydrogen) atoms. The highest BCUT2D eigenvalue weighted by atomic mass is 16.5. The average Bonchev–Trinajstić information content (AvgIpc) is 2.94. The van der Waals surface area contributed by atoms with Crippen molar-refractivity contribution in [3.63, 3.8) is 0 Å². The highest BCUT2D eigenvalue weighted by Gasteiger charge is 2.49. The van der Waals surface area contributed by atoms with Crippen molar-refractivity contribution in [1.29, 1.82) is 0 Å². The Morgan fingerprint density at radius 1 is 1.33 bits per heavy atom. The summed E-state index contributed by atoms with van der Waals surface area (Å²) < 4.78 is 5.86. The minimum atomic E-state index is 0.321. The number of piperidine rings is 1. The quantitative estimate of drug-likeness (QED) is 0.820. The van der Waals surface area contributed by atoms with Crippen LogP contribution < -0.4 is 0 Å². The summed E-state index contributed by atoms with van der Waals surface area (Å²) in [5.74, 6) is 1.55. The highest BCUT2D eigenvalue weighted by molar-refractivity contribution is 5.85. The smallest absolute Gasteiger partial charge is 0.149 e. The first-order chi connectivity index (χ1) is 11.7. The summed E-state index contributed by atoms with van der Waals surface area (Å²) in [6, 6.07) is 9.38.